The first-order chi connectivity index (χ1) is 10.1. The predicted molar refractivity (Wildman–Crippen MR) is 78.3 cm³/mol. The summed E-state index contributed by atoms with van der Waals surface area (Å²) in [7, 11) is 0. The molecule has 1 aromatic heterocycles. The standard InChI is InChI=1S/C14H20N2O4S/c1-3-19-14(18)10-8-21-11(16-10)4-6-15-13(17)12-9(2)5-7-20-12/h8-9,12H,3-7H2,1-2H3,(H,15,17)/t9-,12-/m0/s1. The van der Waals surface area contributed by atoms with Crippen LogP contribution in [0.25, 0.3) is 0 Å². The Balaban J connectivity index is 1.76. The van der Waals surface area contributed by atoms with Crippen molar-refractivity contribution >= 4 is 23.2 Å². The Bertz CT molecular complexity index is 503. The first-order valence-electron chi connectivity index (χ1n) is 7.12. The van der Waals surface area contributed by atoms with Crippen LogP contribution in [-0.2, 0) is 20.7 Å². The van der Waals surface area contributed by atoms with Gasteiger partial charge in [0.05, 0.1) is 11.6 Å². The van der Waals surface area contributed by atoms with E-state index in [1.807, 2.05) is 6.92 Å². The zero-order valence-electron chi connectivity index (χ0n) is 12.3. The van der Waals surface area contributed by atoms with Gasteiger partial charge in [-0.05, 0) is 19.3 Å². The van der Waals surface area contributed by atoms with E-state index in [0.29, 0.717) is 31.9 Å². The average Bonchev–Trinajstić information content (AvgIpc) is 3.08. The number of carbonyl (C=O) groups excluding carboxylic acids is 2. The summed E-state index contributed by atoms with van der Waals surface area (Å²) in [6.07, 6.45) is 1.18. The molecule has 1 fully saturated rings. The quantitative estimate of drug-likeness (QED) is 0.804. The number of nitrogens with zero attached hydrogens (tertiary/aromatic N) is 1. The molecule has 1 aliphatic rings. The van der Waals surface area contributed by atoms with Crippen LogP contribution in [0.3, 0.4) is 0 Å². The lowest BCUT2D eigenvalue weighted by atomic mass is 10.0. The average molecular weight is 312 g/mol. The van der Waals surface area contributed by atoms with Crippen LogP contribution in [0.5, 0.6) is 0 Å². The van der Waals surface area contributed by atoms with Gasteiger partial charge in [0.15, 0.2) is 5.69 Å². The number of ether oxygens (including phenoxy) is 2. The third kappa shape index (κ3) is 4.25. The van der Waals surface area contributed by atoms with Crippen molar-refractivity contribution in [2.75, 3.05) is 19.8 Å². The van der Waals surface area contributed by atoms with Gasteiger partial charge in [0.2, 0.25) is 5.91 Å². The van der Waals surface area contributed by atoms with Crippen LogP contribution in [0.4, 0.5) is 0 Å². The number of esters is 1. The van der Waals surface area contributed by atoms with Crippen LogP contribution in [0.15, 0.2) is 5.38 Å². The van der Waals surface area contributed by atoms with E-state index in [2.05, 4.69) is 10.3 Å². The van der Waals surface area contributed by atoms with Crippen molar-refractivity contribution in [2.45, 2.75) is 32.8 Å². The molecule has 2 heterocycles. The summed E-state index contributed by atoms with van der Waals surface area (Å²) in [6, 6.07) is 0. The molecule has 21 heavy (non-hydrogen) atoms. The van der Waals surface area contributed by atoms with Crippen molar-refractivity contribution < 1.29 is 19.1 Å². The highest BCUT2D eigenvalue weighted by molar-refractivity contribution is 7.09. The molecule has 0 unspecified atom stereocenters. The maximum Gasteiger partial charge on any atom is 0.357 e. The highest BCUT2D eigenvalue weighted by Crippen LogP contribution is 2.20. The van der Waals surface area contributed by atoms with Crippen molar-refractivity contribution in [3.8, 4) is 0 Å². The molecule has 2 rings (SSSR count). The third-order valence-corrected chi connectivity index (χ3v) is 4.23. The van der Waals surface area contributed by atoms with Crippen LogP contribution in [0, 0.1) is 5.92 Å². The molecule has 0 aliphatic carbocycles. The Morgan fingerprint density at radius 2 is 2.38 bits per heavy atom. The fourth-order valence-electron chi connectivity index (χ4n) is 2.15. The van der Waals surface area contributed by atoms with Crippen LogP contribution in [0.2, 0.25) is 0 Å². The van der Waals surface area contributed by atoms with Gasteiger partial charge in [-0.2, -0.15) is 0 Å². The topological polar surface area (TPSA) is 77.5 Å². The predicted octanol–water partition coefficient (Wildman–Crippen LogP) is 1.40. The van der Waals surface area contributed by atoms with Gasteiger partial charge in [-0.3, -0.25) is 4.79 Å². The normalized spacial score (nSPS) is 21.2. The lowest BCUT2D eigenvalue weighted by Gasteiger charge is -2.13. The van der Waals surface area contributed by atoms with Gasteiger partial charge in [-0.15, -0.1) is 11.3 Å². The third-order valence-electron chi connectivity index (χ3n) is 3.32. The summed E-state index contributed by atoms with van der Waals surface area (Å²) in [5.74, 6) is -0.209. The van der Waals surface area contributed by atoms with Crippen molar-refractivity contribution in [3.63, 3.8) is 0 Å². The molecule has 1 N–H and O–H groups in total. The van der Waals surface area contributed by atoms with Crippen LogP contribution < -0.4 is 5.32 Å². The van der Waals surface area contributed by atoms with Gasteiger partial charge in [0.1, 0.15) is 6.10 Å². The van der Waals surface area contributed by atoms with Crippen LogP contribution in [-0.4, -0.2) is 42.7 Å². The van der Waals surface area contributed by atoms with E-state index in [-0.39, 0.29) is 17.9 Å². The SMILES string of the molecule is CCOC(=O)c1csc(CCNC(=O)[C@H]2OCC[C@@H]2C)n1. The van der Waals surface area contributed by atoms with E-state index in [1.165, 1.54) is 11.3 Å². The second kappa shape index (κ2) is 7.51. The molecule has 116 valence electrons. The van der Waals surface area contributed by atoms with E-state index in [0.717, 1.165) is 11.4 Å². The Morgan fingerprint density at radius 3 is 3.05 bits per heavy atom. The molecule has 6 nitrogen and oxygen atoms in total. The summed E-state index contributed by atoms with van der Waals surface area (Å²) in [5.41, 5.74) is 0.330. The van der Waals surface area contributed by atoms with Crippen LogP contribution >= 0.6 is 11.3 Å². The molecular weight excluding hydrogens is 292 g/mol. The minimum atomic E-state index is -0.405. The second-order valence-corrected chi connectivity index (χ2v) is 5.89. The summed E-state index contributed by atoms with van der Waals surface area (Å²) in [6.45, 7) is 5.24. The molecule has 0 aromatic carbocycles. The van der Waals surface area contributed by atoms with Crippen molar-refractivity contribution in [1.82, 2.24) is 10.3 Å². The van der Waals surface area contributed by atoms with E-state index in [9.17, 15) is 9.59 Å². The number of thiazole rings is 1. The number of amides is 1. The molecule has 0 spiro atoms. The lowest BCUT2D eigenvalue weighted by molar-refractivity contribution is -0.131. The zero-order chi connectivity index (χ0) is 15.2. The Morgan fingerprint density at radius 1 is 1.57 bits per heavy atom. The van der Waals surface area contributed by atoms with E-state index in [1.54, 1.807) is 12.3 Å². The maximum atomic E-state index is 11.9. The van der Waals surface area contributed by atoms with Crippen molar-refractivity contribution in [2.24, 2.45) is 5.92 Å². The van der Waals surface area contributed by atoms with Crippen molar-refractivity contribution in [3.05, 3.63) is 16.1 Å². The first-order valence-corrected chi connectivity index (χ1v) is 8.00. The molecule has 0 radical (unpaired) electrons. The Kier molecular flexibility index (Phi) is 5.69. The van der Waals surface area contributed by atoms with Gasteiger partial charge in [0.25, 0.3) is 0 Å². The molecule has 7 heteroatoms. The largest absolute Gasteiger partial charge is 0.461 e. The number of aromatic nitrogens is 1. The van der Waals surface area contributed by atoms with Gasteiger partial charge in [-0.1, -0.05) is 6.92 Å². The number of hydrogen-bond acceptors (Lipinski definition) is 6. The van der Waals surface area contributed by atoms with Crippen molar-refractivity contribution in [1.29, 1.82) is 0 Å². The van der Waals surface area contributed by atoms with Gasteiger partial charge < -0.3 is 14.8 Å². The van der Waals surface area contributed by atoms with Gasteiger partial charge in [-0.25, -0.2) is 9.78 Å². The minimum Gasteiger partial charge on any atom is -0.461 e. The highest BCUT2D eigenvalue weighted by atomic mass is 32.1. The molecule has 2 atom stereocenters. The fourth-order valence-corrected chi connectivity index (χ4v) is 2.92. The van der Waals surface area contributed by atoms with E-state index in [4.69, 9.17) is 9.47 Å². The summed E-state index contributed by atoms with van der Waals surface area (Å²) in [4.78, 5) is 27.6. The monoisotopic (exact) mass is 312 g/mol. The molecule has 1 saturated heterocycles. The van der Waals surface area contributed by atoms with E-state index < -0.39 is 5.97 Å². The fraction of sp³-hybridized carbons (Fsp3) is 0.643. The molecule has 0 saturated carbocycles. The molecule has 0 bridgehead atoms. The Labute approximate surface area is 127 Å². The van der Waals surface area contributed by atoms with Crippen LogP contribution in [0.1, 0.15) is 35.8 Å². The highest BCUT2D eigenvalue weighted by Gasteiger charge is 2.30. The number of carbonyl (C=O) groups is 2. The molecule has 1 aliphatic heterocycles. The Hall–Kier alpha value is -1.47. The molecular formula is C14H20N2O4S. The summed E-state index contributed by atoms with van der Waals surface area (Å²) in [5, 5.41) is 5.34. The number of hydrogen-bond donors (Lipinski definition) is 1. The second-order valence-electron chi connectivity index (χ2n) is 4.95. The number of rotatable bonds is 6. The molecule has 1 aromatic rings. The summed E-state index contributed by atoms with van der Waals surface area (Å²) < 4.78 is 10.3. The zero-order valence-corrected chi connectivity index (χ0v) is 13.1. The number of nitrogens with one attached hydrogen (secondary N) is 1. The maximum absolute atomic E-state index is 11.9. The lowest BCUT2D eigenvalue weighted by Crippen LogP contribution is -2.38. The van der Waals surface area contributed by atoms with Gasteiger partial charge in [0, 0.05) is 25.0 Å². The van der Waals surface area contributed by atoms with E-state index >= 15 is 0 Å². The minimum absolute atomic E-state index is 0.0674. The molecule has 1 amide bonds. The smallest absolute Gasteiger partial charge is 0.357 e. The summed E-state index contributed by atoms with van der Waals surface area (Å²) >= 11 is 1.39. The van der Waals surface area contributed by atoms with Gasteiger partial charge >= 0.3 is 5.97 Å². The first kappa shape index (κ1) is 15.9.